The number of carboxylic acid groups (broad SMARTS) is 1. The number of thiophene rings is 1. The Kier molecular flexibility index (Phi) is 4.33. The molecule has 2 rings (SSSR count). The average Bonchev–Trinajstić information content (AvgIpc) is 2.71. The number of hydrogen-bond acceptors (Lipinski definition) is 4. The maximum atomic E-state index is 11.7. The fraction of sp³-hybridized carbons (Fsp3) is 0.500. The van der Waals surface area contributed by atoms with Crippen LogP contribution < -0.4 is 10.6 Å². The lowest BCUT2D eigenvalue weighted by Crippen LogP contribution is -2.42. The molecule has 1 aromatic rings. The van der Waals surface area contributed by atoms with E-state index in [4.69, 9.17) is 5.11 Å². The Labute approximate surface area is 109 Å². The zero-order valence-electron chi connectivity index (χ0n) is 9.94. The smallest absolute Gasteiger partial charge is 0.336 e. The molecular weight excluding hydrogens is 252 g/mol. The van der Waals surface area contributed by atoms with Gasteiger partial charge >= 0.3 is 5.97 Å². The average molecular weight is 268 g/mol. The second-order valence-electron chi connectivity index (χ2n) is 4.28. The maximum Gasteiger partial charge on any atom is 0.336 e. The van der Waals surface area contributed by atoms with Crippen molar-refractivity contribution in [2.45, 2.75) is 31.8 Å². The lowest BCUT2D eigenvalue weighted by molar-refractivity contribution is -0.122. The van der Waals surface area contributed by atoms with Crippen LogP contribution in [0.1, 0.15) is 34.5 Å². The van der Waals surface area contributed by atoms with Gasteiger partial charge in [0, 0.05) is 18.0 Å². The molecule has 5 nitrogen and oxygen atoms in total. The highest BCUT2D eigenvalue weighted by molar-refractivity contribution is 7.10. The third kappa shape index (κ3) is 3.08. The van der Waals surface area contributed by atoms with Crippen LogP contribution in [-0.2, 0) is 11.3 Å². The number of hydrogen-bond donors (Lipinski definition) is 3. The monoisotopic (exact) mass is 268 g/mol. The van der Waals surface area contributed by atoms with Crippen molar-refractivity contribution in [2.24, 2.45) is 0 Å². The molecule has 3 N–H and O–H groups in total. The Bertz CT molecular complexity index is 444. The molecule has 2 heterocycles. The summed E-state index contributed by atoms with van der Waals surface area (Å²) in [7, 11) is 0. The van der Waals surface area contributed by atoms with Gasteiger partial charge in [0.25, 0.3) is 0 Å². The summed E-state index contributed by atoms with van der Waals surface area (Å²) in [4.78, 5) is 23.4. The number of carbonyl (C=O) groups is 2. The van der Waals surface area contributed by atoms with Gasteiger partial charge < -0.3 is 15.7 Å². The minimum atomic E-state index is -0.918. The topological polar surface area (TPSA) is 78.4 Å². The Balaban J connectivity index is 1.95. The maximum absolute atomic E-state index is 11.7. The molecule has 1 aromatic heterocycles. The van der Waals surface area contributed by atoms with Crippen molar-refractivity contribution in [3.8, 4) is 0 Å². The molecule has 0 aliphatic carbocycles. The van der Waals surface area contributed by atoms with Gasteiger partial charge in [0.05, 0.1) is 11.6 Å². The summed E-state index contributed by atoms with van der Waals surface area (Å²) in [6.45, 7) is 1.16. The Morgan fingerprint density at radius 3 is 3.17 bits per heavy atom. The van der Waals surface area contributed by atoms with Crippen molar-refractivity contribution in [1.29, 1.82) is 0 Å². The molecule has 1 saturated heterocycles. The molecule has 1 amide bonds. The fourth-order valence-electron chi connectivity index (χ4n) is 2.02. The van der Waals surface area contributed by atoms with E-state index in [2.05, 4.69) is 10.6 Å². The van der Waals surface area contributed by atoms with Gasteiger partial charge in [-0.05, 0) is 30.7 Å². The van der Waals surface area contributed by atoms with Crippen LogP contribution in [0.3, 0.4) is 0 Å². The number of carboxylic acids is 1. The van der Waals surface area contributed by atoms with Crippen molar-refractivity contribution < 1.29 is 14.7 Å². The van der Waals surface area contributed by atoms with Crippen molar-refractivity contribution in [2.75, 3.05) is 6.54 Å². The molecule has 1 unspecified atom stereocenters. The first-order valence-electron chi connectivity index (χ1n) is 5.99. The molecule has 98 valence electrons. The van der Waals surface area contributed by atoms with Crippen molar-refractivity contribution in [1.82, 2.24) is 10.6 Å². The predicted octanol–water partition coefficient (Wildman–Crippen LogP) is 1.20. The Hall–Kier alpha value is -1.40. The van der Waals surface area contributed by atoms with Crippen LogP contribution >= 0.6 is 11.3 Å². The molecular formula is C12H16N2O3S. The van der Waals surface area contributed by atoms with Crippen LogP contribution in [-0.4, -0.2) is 29.6 Å². The summed E-state index contributed by atoms with van der Waals surface area (Å²) in [6.07, 6.45) is 2.82. The summed E-state index contributed by atoms with van der Waals surface area (Å²) in [5, 5.41) is 16.7. The number of amides is 1. The van der Waals surface area contributed by atoms with Gasteiger partial charge in [-0.25, -0.2) is 4.79 Å². The van der Waals surface area contributed by atoms with E-state index in [1.54, 1.807) is 11.4 Å². The van der Waals surface area contributed by atoms with Crippen LogP contribution in [0.2, 0.25) is 0 Å². The van der Waals surface area contributed by atoms with E-state index in [-0.39, 0.29) is 11.9 Å². The third-order valence-corrected chi connectivity index (χ3v) is 3.94. The van der Waals surface area contributed by atoms with Crippen LogP contribution in [0, 0.1) is 0 Å². The molecule has 0 bridgehead atoms. The van der Waals surface area contributed by atoms with Crippen molar-refractivity contribution in [3.63, 3.8) is 0 Å². The van der Waals surface area contributed by atoms with Gasteiger partial charge in [-0.2, -0.15) is 0 Å². The highest BCUT2D eigenvalue weighted by Crippen LogP contribution is 2.17. The first-order chi connectivity index (χ1) is 8.68. The second-order valence-corrected chi connectivity index (χ2v) is 5.28. The van der Waals surface area contributed by atoms with Gasteiger partial charge in [0.1, 0.15) is 0 Å². The van der Waals surface area contributed by atoms with Crippen LogP contribution in [0.25, 0.3) is 0 Å². The van der Waals surface area contributed by atoms with E-state index in [0.29, 0.717) is 12.1 Å². The quantitative estimate of drug-likeness (QED) is 0.767. The van der Waals surface area contributed by atoms with Gasteiger partial charge in [-0.1, -0.05) is 0 Å². The molecule has 1 fully saturated rings. The fourth-order valence-corrected chi connectivity index (χ4v) is 2.84. The largest absolute Gasteiger partial charge is 0.478 e. The second kappa shape index (κ2) is 5.97. The molecule has 6 heteroatoms. The van der Waals surface area contributed by atoms with E-state index in [0.717, 1.165) is 30.7 Å². The van der Waals surface area contributed by atoms with Gasteiger partial charge in [-0.3, -0.25) is 4.79 Å². The summed E-state index contributed by atoms with van der Waals surface area (Å²) >= 11 is 1.40. The normalized spacial score (nSPS) is 20.2. The van der Waals surface area contributed by atoms with Crippen molar-refractivity contribution in [3.05, 3.63) is 21.9 Å². The molecule has 0 spiro atoms. The highest BCUT2D eigenvalue weighted by atomic mass is 32.1. The first-order valence-corrected chi connectivity index (χ1v) is 6.87. The lowest BCUT2D eigenvalue weighted by atomic mass is 10.1. The first kappa shape index (κ1) is 13.0. The summed E-state index contributed by atoms with van der Waals surface area (Å²) in [6, 6.07) is 1.38. The van der Waals surface area contributed by atoms with E-state index in [1.165, 1.54) is 11.3 Å². The number of rotatable bonds is 4. The minimum Gasteiger partial charge on any atom is -0.478 e. The van der Waals surface area contributed by atoms with Gasteiger partial charge in [-0.15, -0.1) is 11.3 Å². The Morgan fingerprint density at radius 1 is 1.56 bits per heavy atom. The van der Waals surface area contributed by atoms with Crippen LogP contribution in [0.15, 0.2) is 11.4 Å². The number of aromatic carboxylic acids is 1. The molecule has 1 aliphatic rings. The van der Waals surface area contributed by atoms with Crippen molar-refractivity contribution >= 4 is 23.2 Å². The summed E-state index contributed by atoms with van der Waals surface area (Å²) in [5.41, 5.74) is 0.321. The zero-order valence-corrected chi connectivity index (χ0v) is 10.8. The van der Waals surface area contributed by atoms with Crippen LogP contribution in [0.4, 0.5) is 0 Å². The van der Waals surface area contributed by atoms with Gasteiger partial charge in [0.2, 0.25) is 5.91 Å². The number of nitrogens with one attached hydrogen (secondary N) is 2. The molecule has 18 heavy (non-hydrogen) atoms. The molecule has 0 saturated carbocycles. The van der Waals surface area contributed by atoms with E-state index in [1.807, 2.05) is 0 Å². The highest BCUT2D eigenvalue weighted by Gasteiger charge is 2.21. The number of carbonyl (C=O) groups excluding carboxylic acids is 1. The van der Waals surface area contributed by atoms with E-state index in [9.17, 15) is 9.59 Å². The third-order valence-electron chi connectivity index (χ3n) is 3.02. The standard InChI is InChI=1S/C12H16N2O3S/c15-11-9(3-1-2-5-13-11)14-7-10-8(12(16)17)4-6-18-10/h4,6,9,14H,1-3,5,7H2,(H,13,15)(H,16,17). The lowest BCUT2D eigenvalue weighted by Gasteiger charge is -2.14. The molecule has 1 atom stereocenters. The molecule has 1 aliphatic heterocycles. The molecule has 0 radical (unpaired) electrons. The predicted molar refractivity (Wildman–Crippen MR) is 68.8 cm³/mol. The summed E-state index contributed by atoms with van der Waals surface area (Å²) in [5.74, 6) is -0.903. The van der Waals surface area contributed by atoms with E-state index >= 15 is 0 Å². The minimum absolute atomic E-state index is 0.0148. The SMILES string of the molecule is O=C(O)c1ccsc1CNC1CCCCNC1=O. The Morgan fingerprint density at radius 2 is 2.39 bits per heavy atom. The van der Waals surface area contributed by atoms with Crippen LogP contribution in [0.5, 0.6) is 0 Å². The zero-order chi connectivity index (χ0) is 13.0. The molecule has 0 aromatic carbocycles. The van der Waals surface area contributed by atoms with E-state index < -0.39 is 5.97 Å². The summed E-state index contributed by atoms with van der Waals surface area (Å²) < 4.78 is 0. The van der Waals surface area contributed by atoms with Gasteiger partial charge in [0.15, 0.2) is 0 Å².